The van der Waals surface area contributed by atoms with Crippen molar-refractivity contribution in [3.8, 4) is 12.3 Å². The van der Waals surface area contributed by atoms with Gasteiger partial charge in [-0.3, -0.25) is 0 Å². The van der Waals surface area contributed by atoms with Crippen molar-refractivity contribution < 1.29 is 0 Å². The third-order valence-corrected chi connectivity index (χ3v) is 3.05. The van der Waals surface area contributed by atoms with Crippen LogP contribution in [0.15, 0.2) is 23.8 Å². The molecule has 0 N–H and O–H groups in total. The van der Waals surface area contributed by atoms with Crippen molar-refractivity contribution in [1.82, 2.24) is 0 Å². The molecule has 58 valence electrons. The van der Waals surface area contributed by atoms with Crippen LogP contribution >= 0.6 is 11.8 Å². The highest BCUT2D eigenvalue weighted by Crippen LogP contribution is 2.28. The minimum atomic E-state index is 0.738. The third-order valence-electron chi connectivity index (χ3n) is 1.77. The minimum Gasteiger partial charge on any atom is -0.157 e. The van der Waals surface area contributed by atoms with Crippen molar-refractivity contribution in [1.29, 1.82) is 0 Å². The van der Waals surface area contributed by atoms with Gasteiger partial charge < -0.3 is 0 Å². The maximum Gasteiger partial charge on any atom is 0.0149 e. The fraction of sp³-hybridized carbons (Fsp3) is 0.400. The average Bonchev–Trinajstić information content (AvgIpc) is 2.37. The summed E-state index contributed by atoms with van der Waals surface area (Å²) >= 11 is 1.99. The molecule has 0 aliphatic carbocycles. The lowest BCUT2D eigenvalue weighted by Crippen LogP contribution is -1.92. The molecule has 1 heterocycles. The van der Waals surface area contributed by atoms with Crippen molar-refractivity contribution in [2.45, 2.75) is 6.92 Å². The lowest BCUT2D eigenvalue weighted by Gasteiger charge is -1.99. The summed E-state index contributed by atoms with van der Waals surface area (Å²) in [5.41, 5.74) is 1.52. The van der Waals surface area contributed by atoms with Gasteiger partial charge in [-0.05, 0) is 17.7 Å². The van der Waals surface area contributed by atoms with Crippen LogP contribution in [0.1, 0.15) is 6.92 Å². The molecule has 11 heavy (non-hydrogen) atoms. The van der Waals surface area contributed by atoms with Crippen molar-refractivity contribution in [2.75, 3.05) is 11.5 Å². The van der Waals surface area contributed by atoms with Crippen LogP contribution < -0.4 is 0 Å². The molecule has 0 spiro atoms. The van der Waals surface area contributed by atoms with Gasteiger partial charge in [0.15, 0.2) is 0 Å². The van der Waals surface area contributed by atoms with Gasteiger partial charge in [-0.15, -0.1) is 6.42 Å². The molecule has 1 atom stereocenters. The third kappa shape index (κ3) is 2.48. The molecule has 0 bridgehead atoms. The molecule has 0 nitrogen and oxygen atoms in total. The Labute approximate surface area is 72.8 Å². The Bertz CT molecular complexity index is 218. The Hall–Kier alpha value is -0.610. The SMILES string of the molecule is C#C/C=C\C=C1/CSCC1C. The second-order valence-corrected chi connectivity index (χ2v) is 3.71. The first-order valence-corrected chi connectivity index (χ1v) is 4.89. The zero-order chi connectivity index (χ0) is 8.10. The summed E-state index contributed by atoms with van der Waals surface area (Å²) in [4.78, 5) is 0. The molecule has 1 saturated heterocycles. The largest absolute Gasteiger partial charge is 0.157 e. The van der Waals surface area contributed by atoms with Crippen LogP contribution in [0.3, 0.4) is 0 Å². The summed E-state index contributed by atoms with van der Waals surface area (Å²) in [6.45, 7) is 2.26. The van der Waals surface area contributed by atoms with E-state index in [1.807, 2.05) is 17.8 Å². The topological polar surface area (TPSA) is 0 Å². The summed E-state index contributed by atoms with van der Waals surface area (Å²) in [5.74, 6) is 5.65. The van der Waals surface area contributed by atoms with Crippen molar-refractivity contribution in [2.24, 2.45) is 5.92 Å². The van der Waals surface area contributed by atoms with E-state index in [0.29, 0.717) is 0 Å². The van der Waals surface area contributed by atoms with Crippen LogP contribution in [0.2, 0.25) is 0 Å². The molecular weight excluding hydrogens is 152 g/mol. The molecule has 1 rings (SSSR count). The lowest BCUT2D eigenvalue weighted by atomic mass is 10.1. The number of rotatable bonds is 1. The van der Waals surface area contributed by atoms with Gasteiger partial charge in [0.25, 0.3) is 0 Å². The number of hydrogen-bond acceptors (Lipinski definition) is 1. The zero-order valence-corrected chi connectivity index (χ0v) is 7.53. The normalized spacial score (nSPS) is 28.0. The Morgan fingerprint density at radius 3 is 3.09 bits per heavy atom. The number of hydrogen-bond donors (Lipinski definition) is 0. The summed E-state index contributed by atoms with van der Waals surface area (Å²) < 4.78 is 0. The summed E-state index contributed by atoms with van der Waals surface area (Å²) in [7, 11) is 0. The smallest absolute Gasteiger partial charge is 0.0149 e. The van der Waals surface area contributed by atoms with Crippen LogP contribution in [0.5, 0.6) is 0 Å². The van der Waals surface area contributed by atoms with Gasteiger partial charge in [0.05, 0.1) is 0 Å². The predicted molar refractivity (Wildman–Crippen MR) is 52.5 cm³/mol. The maximum atomic E-state index is 5.08. The van der Waals surface area contributed by atoms with Crippen molar-refractivity contribution in [3.63, 3.8) is 0 Å². The van der Waals surface area contributed by atoms with E-state index in [1.54, 1.807) is 6.08 Å². The van der Waals surface area contributed by atoms with E-state index in [-0.39, 0.29) is 0 Å². The molecule has 0 radical (unpaired) electrons. The van der Waals surface area contributed by atoms with Crippen LogP contribution in [0.25, 0.3) is 0 Å². The molecule has 0 aromatic carbocycles. The van der Waals surface area contributed by atoms with Gasteiger partial charge in [0.2, 0.25) is 0 Å². The van der Waals surface area contributed by atoms with E-state index in [0.717, 1.165) is 5.92 Å². The molecule has 0 aromatic heterocycles. The van der Waals surface area contributed by atoms with E-state index in [4.69, 9.17) is 6.42 Å². The second-order valence-electron chi connectivity index (χ2n) is 2.68. The minimum absolute atomic E-state index is 0.738. The predicted octanol–water partition coefficient (Wildman–Crippen LogP) is 2.49. The molecule has 0 amide bonds. The molecule has 1 unspecified atom stereocenters. The number of thioether (sulfide) groups is 1. The van der Waals surface area contributed by atoms with Gasteiger partial charge in [-0.2, -0.15) is 11.8 Å². The average molecular weight is 164 g/mol. The molecular formula is C10H12S. The van der Waals surface area contributed by atoms with E-state index in [9.17, 15) is 0 Å². The highest BCUT2D eigenvalue weighted by molar-refractivity contribution is 7.99. The van der Waals surface area contributed by atoms with Gasteiger partial charge in [0, 0.05) is 5.75 Å². The Morgan fingerprint density at radius 1 is 1.73 bits per heavy atom. The van der Waals surface area contributed by atoms with Crippen molar-refractivity contribution >= 4 is 11.8 Å². The van der Waals surface area contributed by atoms with E-state index in [1.165, 1.54) is 17.1 Å². The molecule has 1 heteroatoms. The van der Waals surface area contributed by atoms with Crippen LogP contribution in [-0.2, 0) is 0 Å². The van der Waals surface area contributed by atoms with Crippen LogP contribution in [0.4, 0.5) is 0 Å². The second kappa shape index (κ2) is 4.31. The highest BCUT2D eigenvalue weighted by atomic mass is 32.2. The fourth-order valence-electron chi connectivity index (χ4n) is 1.04. The van der Waals surface area contributed by atoms with E-state index < -0.39 is 0 Å². The number of allylic oxidation sites excluding steroid dienone is 3. The zero-order valence-electron chi connectivity index (χ0n) is 6.71. The Morgan fingerprint density at radius 2 is 2.55 bits per heavy atom. The van der Waals surface area contributed by atoms with E-state index in [2.05, 4.69) is 18.9 Å². The summed E-state index contributed by atoms with van der Waals surface area (Å²) in [6, 6.07) is 0. The maximum absolute atomic E-state index is 5.08. The molecule has 1 aliphatic rings. The van der Waals surface area contributed by atoms with E-state index >= 15 is 0 Å². The molecule has 0 aromatic rings. The molecule has 0 saturated carbocycles. The van der Waals surface area contributed by atoms with Crippen LogP contribution in [0, 0.1) is 18.3 Å². The quantitative estimate of drug-likeness (QED) is 0.536. The van der Waals surface area contributed by atoms with Gasteiger partial charge in [-0.1, -0.05) is 30.6 Å². The number of terminal acetylenes is 1. The first-order chi connectivity index (χ1) is 5.34. The first kappa shape index (κ1) is 8.49. The summed E-state index contributed by atoms with van der Waals surface area (Å²) in [5, 5.41) is 0. The van der Waals surface area contributed by atoms with Crippen LogP contribution in [-0.4, -0.2) is 11.5 Å². The highest BCUT2D eigenvalue weighted by Gasteiger charge is 2.14. The van der Waals surface area contributed by atoms with Gasteiger partial charge >= 0.3 is 0 Å². The Balaban J connectivity index is 2.53. The fourth-order valence-corrected chi connectivity index (χ4v) is 2.34. The molecule has 1 fully saturated rings. The van der Waals surface area contributed by atoms with Gasteiger partial charge in [-0.25, -0.2) is 0 Å². The lowest BCUT2D eigenvalue weighted by molar-refractivity contribution is 0.810. The standard InChI is InChI=1S/C10H12S/c1-3-4-5-6-10-8-11-7-9(10)2/h1,4-6,9H,7-8H2,2H3/b5-4-,10-6+. The van der Waals surface area contributed by atoms with Crippen molar-refractivity contribution in [3.05, 3.63) is 23.8 Å². The van der Waals surface area contributed by atoms with Gasteiger partial charge in [0.1, 0.15) is 0 Å². The molecule has 1 aliphatic heterocycles. The monoisotopic (exact) mass is 164 g/mol. The Kier molecular flexibility index (Phi) is 3.32. The first-order valence-electron chi connectivity index (χ1n) is 3.74. The summed E-state index contributed by atoms with van der Waals surface area (Å²) in [6.07, 6.45) is 10.9.